The smallest absolute Gasteiger partial charge is 0.240 e. The van der Waals surface area contributed by atoms with E-state index in [4.69, 9.17) is 0 Å². The fourth-order valence-corrected chi connectivity index (χ4v) is 3.64. The minimum Gasteiger partial charge on any atom is -0.369 e. The van der Waals surface area contributed by atoms with E-state index < -0.39 is 0 Å². The van der Waals surface area contributed by atoms with Crippen molar-refractivity contribution in [3.05, 3.63) is 35.3 Å². The number of aromatic nitrogens is 2. The van der Waals surface area contributed by atoms with Crippen LogP contribution in [0.25, 0.3) is 0 Å². The lowest BCUT2D eigenvalue weighted by Crippen LogP contribution is -2.48. The molecule has 3 rings (SSSR count). The molecule has 6 nitrogen and oxygen atoms in total. The van der Waals surface area contributed by atoms with Crippen molar-refractivity contribution in [3.8, 4) is 0 Å². The summed E-state index contributed by atoms with van der Waals surface area (Å²) in [5.74, 6) is -0.0117. The number of anilines is 2. The van der Waals surface area contributed by atoms with E-state index in [1.165, 1.54) is 17.0 Å². The third kappa shape index (κ3) is 4.52. The van der Waals surface area contributed by atoms with E-state index >= 15 is 0 Å². The maximum absolute atomic E-state index is 12.2. The summed E-state index contributed by atoms with van der Waals surface area (Å²) < 4.78 is 0. The van der Waals surface area contributed by atoms with Crippen molar-refractivity contribution >= 4 is 28.1 Å². The van der Waals surface area contributed by atoms with Gasteiger partial charge in [0.15, 0.2) is 0 Å². The first-order chi connectivity index (χ1) is 11.7. The molecule has 1 aliphatic rings. The number of piperazine rings is 1. The number of carbonyl (C=O) groups excluding carboxylic acids is 1. The molecular weight excluding hydrogens is 322 g/mol. The van der Waals surface area contributed by atoms with Gasteiger partial charge < -0.3 is 4.90 Å². The van der Waals surface area contributed by atoms with Crippen molar-refractivity contribution in [2.75, 3.05) is 42.9 Å². The number of amides is 1. The van der Waals surface area contributed by atoms with Crippen LogP contribution >= 0.6 is 11.3 Å². The highest BCUT2D eigenvalue weighted by atomic mass is 32.1. The molecule has 1 fully saturated rings. The van der Waals surface area contributed by atoms with Crippen molar-refractivity contribution in [2.45, 2.75) is 19.8 Å². The molecule has 0 unspecified atom stereocenters. The summed E-state index contributed by atoms with van der Waals surface area (Å²) in [5.41, 5.74) is 1.25. The molecule has 0 aliphatic carbocycles. The summed E-state index contributed by atoms with van der Waals surface area (Å²) in [4.78, 5) is 16.7. The van der Waals surface area contributed by atoms with Crippen LogP contribution in [0, 0.1) is 0 Å². The van der Waals surface area contributed by atoms with Crippen LogP contribution in [0.4, 0.5) is 10.8 Å². The molecule has 1 saturated heterocycles. The van der Waals surface area contributed by atoms with Gasteiger partial charge in [0, 0.05) is 38.3 Å². The van der Waals surface area contributed by atoms with Crippen LogP contribution in [-0.4, -0.2) is 53.7 Å². The molecule has 0 saturated carbocycles. The Morgan fingerprint density at radius 3 is 2.62 bits per heavy atom. The van der Waals surface area contributed by atoms with Crippen LogP contribution in [0.2, 0.25) is 0 Å². The molecule has 7 heteroatoms. The van der Waals surface area contributed by atoms with Crippen LogP contribution in [0.15, 0.2) is 30.3 Å². The molecule has 0 atom stereocenters. The number of nitrogens with zero attached hydrogens (tertiary/aromatic N) is 4. The summed E-state index contributed by atoms with van der Waals surface area (Å²) in [5, 5.41) is 12.6. The van der Waals surface area contributed by atoms with E-state index in [9.17, 15) is 4.79 Å². The van der Waals surface area contributed by atoms with Gasteiger partial charge in [0.25, 0.3) is 0 Å². The molecule has 24 heavy (non-hydrogen) atoms. The number of carbonyl (C=O) groups is 1. The second-order valence-electron chi connectivity index (χ2n) is 5.90. The molecule has 2 aromatic rings. The van der Waals surface area contributed by atoms with Crippen molar-refractivity contribution in [1.82, 2.24) is 15.1 Å². The van der Waals surface area contributed by atoms with Gasteiger partial charge in [0.2, 0.25) is 11.0 Å². The molecule has 0 bridgehead atoms. The normalized spacial score (nSPS) is 15.5. The van der Waals surface area contributed by atoms with Gasteiger partial charge in [0.1, 0.15) is 5.01 Å². The summed E-state index contributed by atoms with van der Waals surface area (Å²) in [6, 6.07) is 10.4. The number of hydrogen-bond donors (Lipinski definition) is 1. The topological polar surface area (TPSA) is 61.4 Å². The first kappa shape index (κ1) is 16.9. The van der Waals surface area contributed by atoms with Gasteiger partial charge in [-0.1, -0.05) is 36.5 Å². The molecule has 1 N–H and O–H groups in total. The minimum absolute atomic E-state index is 0.0117. The van der Waals surface area contributed by atoms with Gasteiger partial charge in [-0.25, -0.2) is 0 Å². The summed E-state index contributed by atoms with van der Waals surface area (Å²) >= 11 is 1.46. The van der Waals surface area contributed by atoms with E-state index in [1.807, 2.05) is 6.07 Å². The fourth-order valence-electron chi connectivity index (χ4n) is 2.78. The monoisotopic (exact) mass is 345 g/mol. The molecule has 1 aromatic carbocycles. The van der Waals surface area contributed by atoms with Crippen LogP contribution in [0.5, 0.6) is 0 Å². The molecule has 0 spiro atoms. The molecule has 2 heterocycles. The van der Waals surface area contributed by atoms with Crippen molar-refractivity contribution < 1.29 is 4.79 Å². The highest BCUT2D eigenvalue weighted by molar-refractivity contribution is 7.15. The number of para-hydroxylation sites is 1. The second-order valence-corrected chi connectivity index (χ2v) is 6.96. The molecule has 1 aromatic heterocycles. The van der Waals surface area contributed by atoms with Crippen molar-refractivity contribution in [1.29, 1.82) is 0 Å². The average Bonchev–Trinajstić information content (AvgIpc) is 3.03. The van der Waals surface area contributed by atoms with Gasteiger partial charge in [-0.3, -0.25) is 15.0 Å². The Hall–Kier alpha value is -1.99. The summed E-state index contributed by atoms with van der Waals surface area (Å²) in [6.45, 7) is 6.17. The lowest BCUT2D eigenvalue weighted by Gasteiger charge is -2.35. The van der Waals surface area contributed by atoms with Crippen LogP contribution in [-0.2, 0) is 11.2 Å². The van der Waals surface area contributed by atoms with E-state index in [1.54, 1.807) is 0 Å². The van der Waals surface area contributed by atoms with Crippen molar-refractivity contribution in [3.63, 3.8) is 0 Å². The molecule has 1 aliphatic heterocycles. The largest absolute Gasteiger partial charge is 0.369 e. The van der Waals surface area contributed by atoms with Gasteiger partial charge in [-0.2, -0.15) is 0 Å². The van der Waals surface area contributed by atoms with Gasteiger partial charge in [0.05, 0.1) is 6.54 Å². The molecule has 1 amide bonds. The summed E-state index contributed by atoms with van der Waals surface area (Å²) in [7, 11) is 0. The van der Waals surface area contributed by atoms with E-state index in [0.29, 0.717) is 11.7 Å². The zero-order chi connectivity index (χ0) is 16.8. The maximum atomic E-state index is 12.2. The zero-order valence-corrected chi connectivity index (χ0v) is 14.8. The van der Waals surface area contributed by atoms with Gasteiger partial charge in [-0.15, -0.1) is 10.2 Å². The highest BCUT2D eigenvalue weighted by Gasteiger charge is 2.19. The Morgan fingerprint density at radius 2 is 1.92 bits per heavy atom. The Balaban J connectivity index is 1.44. The second kappa shape index (κ2) is 8.21. The predicted octanol–water partition coefficient (Wildman–Crippen LogP) is 2.25. The van der Waals surface area contributed by atoms with E-state index in [0.717, 1.165) is 44.0 Å². The Kier molecular flexibility index (Phi) is 5.77. The number of nitrogens with one attached hydrogen (secondary N) is 1. The maximum Gasteiger partial charge on any atom is 0.240 e. The first-order valence-corrected chi connectivity index (χ1v) is 9.21. The molecule has 0 radical (unpaired) electrons. The predicted molar refractivity (Wildman–Crippen MR) is 97.6 cm³/mol. The number of benzene rings is 1. The van der Waals surface area contributed by atoms with Gasteiger partial charge in [-0.05, 0) is 18.6 Å². The zero-order valence-electron chi connectivity index (χ0n) is 13.9. The lowest BCUT2D eigenvalue weighted by molar-refractivity contribution is -0.117. The minimum atomic E-state index is -0.0117. The molecular formula is C17H23N5OS. The van der Waals surface area contributed by atoms with Crippen LogP contribution in [0.3, 0.4) is 0 Å². The average molecular weight is 345 g/mol. The standard InChI is InChI=1S/C17H23N5OS/c1-2-6-16-19-20-17(24-16)18-15(23)13-21-9-11-22(12-10-21)14-7-4-3-5-8-14/h3-5,7-8H,2,6,9-13H2,1H3,(H,18,20,23). The number of aryl methyl sites for hydroxylation is 1. The third-order valence-corrected chi connectivity index (χ3v) is 4.94. The van der Waals surface area contributed by atoms with Crippen molar-refractivity contribution in [2.24, 2.45) is 0 Å². The SMILES string of the molecule is CCCc1nnc(NC(=O)CN2CCN(c3ccccc3)CC2)s1. The van der Waals surface area contributed by atoms with Gasteiger partial charge >= 0.3 is 0 Å². The van der Waals surface area contributed by atoms with Crippen LogP contribution in [0.1, 0.15) is 18.4 Å². The van der Waals surface area contributed by atoms with E-state index in [2.05, 4.69) is 56.5 Å². The van der Waals surface area contributed by atoms with E-state index in [-0.39, 0.29) is 5.91 Å². The lowest BCUT2D eigenvalue weighted by atomic mass is 10.2. The third-order valence-electron chi connectivity index (χ3n) is 4.04. The number of rotatable bonds is 6. The van der Waals surface area contributed by atoms with Crippen LogP contribution < -0.4 is 10.2 Å². The Bertz CT molecular complexity index is 652. The first-order valence-electron chi connectivity index (χ1n) is 8.39. The summed E-state index contributed by atoms with van der Waals surface area (Å²) in [6.07, 6.45) is 1.95. The Labute approximate surface area is 146 Å². The number of hydrogen-bond acceptors (Lipinski definition) is 6. The quantitative estimate of drug-likeness (QED) is 0.870. The Morgan fingerprint density at radius 1 is 1.17 bits per heavy atom. The molecule has 128 valence electrons. The fraction of sp³-hybridized carbons (Fsp3) is 0.471. The highest BCUT2D eigenvalue weighted by Crippen LogP contribution is 2.17.